The van der Waals surface area contributed by atoms with Crippen molar-refractivity contribution in [1.82, 2.24) is 9.78 Å². The molecule has 0 saturated carbocycles. The van der Waals surface area contributed by atoms with E-state index >= 15 is 0 Å². The number of hydrogen-bond acceptors (Lipinski definition) is 3. The van der Waals surface area contributed by atoms with Gasteiger partial charge in [-0.05, 0) is 26.8 Å². The molecule has 0 unspecified atom stereocenters. The predicted molar refractivity (Wildman–Crippen MR) is 74.1 cm³/mol. The van der Waals surface area contributed by atoms with E-state index in [-0.39, 0.29) is 11.3 Å². The normalized spacial score (nSPS) is 12.2. The van der Waals surface area contributed by atoms with Crippen LogP contribution in [0, 0.1) is 6.92 Å². The van der Waals surface area contributed by atoms with E-state index in [0.717, 1.165) is 11.1 Å². The fraction of sp³-hybridized carbons (Fsp3) is 0.267. The van der Waals surface area contributed by atoms with Crippen LogP contribution in [0.4, 0.5) is 0 Å². The van der Waals surface area contributed by atoms with Gasteiger partial charge in [0.05, 0.1) is 5.69 Å². The fourth-order valence-electron chi connectivity index (χ4n) is 1.75. The number of benzene rings is 1. The Morgan fingerprint density at radius 3 is 2.37 bits per heavy atom. The number of aryl methyl sites for hydroxylation is 1. The Hall–Kier alpha value is -2.23. The van der Waals surface area contributed by atoms with Gasteiger partial charge >= 0.3 is 0 Å². The Labute approximate surface area is 111 Å². The maximum Gasteiger partial charge on any atom is 0.267 e. The molecule has 0 spiro atoms. The predicted octanol–water partition coefficient (Wildman–Crippen LogP) is 2.37. The van der Waals surface area contributed by atoms with Crippen molar-refractivity contribution in [1.29, 1.82) is 0 Å². The molecule has 19 heavy (non-hydrogen) atoms. The highest BCUT2D eigenvalue weighted by Gasteiger charge is 2.13. The first-order valence-corrected chi connectivity index (χ1v) is 6.16. The molecule has 4 nitrogen and oxygen atoms in total. The van der Waals surface area contributed by atoms with Crippen molar-refractivity contribution in [3.05, 3.63) is 52.3 Å². The van der Waals surface area contributed by atoms with Crippen LogP contribution in [0.25, 0.3) is 11.3 Å². The van der Waals surface area contributed by atoms with Crippen LogP contribution < -0.4 is 5.56 Å². The highest BCUT2D eigenvalue weighted by molar-refractivity contribution is 5.79. The van der Waals surface area contributed by atoms with E-state index in [2.05, 4.69) is 5.10 Å². The van der Waals surface area contributed by atoms with E-state index < -0.39 is 6.04 Å². The molecule has 0 amide bonds. The average Bonchev–Trinajstić information content (AvgIpc) is 2.39. The van der Waals surface area contributed by atoms with Gasteiger partial charge in [0.2, 0.25) is 0 Å². The van der Waals surface area contributed by atoms with Crippen LogP contribution >= 0.6 is 0 Å². The summed E-state index contributed by atoms with van der Waals surface area (Å²) in [4.78, 5) is 23.1. The van der Waals surface area contributed by atoms with E-state index in [4.69, 9.17) is 0 Å². The summed E-state index contributed by atoms with van der Waals surface area (Å²) in [5.74, 6) is -0.0874. The zero-order valence-corrected chi connectivity index (χ0v) is 11.3. The van der Waals surface area contributed by atoms with Gasteiger partial charge in [-0.3, -0.25) is 9.59 Å². The van der Waals surface area contributed by atoms with Crippen molar-refractivity contribution in [2.45, 2.75) is 26.8 Å². The van der Waals surface area contributed by atoms with E-state index in [1.807, 2.05) is 31.2 Å². The van der Waals surface area contributed by atoms with E-state index in [9.17, 15) is 9.59 Å². The van der Waals surface area contributed by atoms with E-state index in [1.54, 1.807) is 13.0 Å². The molecule has 0 radical (unpaired) electrons. The Kier molecular flexibility index (Phi) is 3.60. The summed E-state index contributed by atoms with van der Waals surface area (Å²) < 4.78 is 1.23. The van der Waals surface area contributed by atoms with Crippen molar-refractivity contribution < 1.29 is 4.79 Å². The van der Waals surface area contributed by atoms with Gasteiger partial charge in [-0.1, -0.05) is 29.8 Å². The minimum atomic E-state index is -0.544. The number of Topliss-reactive ketones (excluding diaryl/α,β-unsaturated/α-hetero) is 1. The van der Waals surface area contributed by atoms with Crippen LogP contribution in [0.1, 0.15) is 25.5 Å². The van der Waals surface area contributed by atoms with Crippen molar-refractivity contribution in [3.63, 3.8) is 0 Å². The number of ketones is 1. The second-order valence-corrected chi connectivity index (χ2v) is 4.65. The number of nitrogens with zero attached hydrogens (tertiary/aromatic N) is 2. The van der Waals surface area contributed by atoms with Gasteiger partial charge in [-0.25, -0.2) is 4.68 Å². The molecule has 0 N–H and O–H groups in total. The zero-order chi connectivity index (χ0) is 14.0. The molecule has 0 saturated heterocycles. The lowest BCUT2D eigenvalue weighted by atomic mass is 10.1. The number of aromatic nitrogens is 2. The van der Waals surface area contributed by atoms with Gasteiger partial charge in [0.15, 0.2) is 5.78 Å². The Bertz CT molecular complexity index is 657. The summed E-state index contributed by atoms with van der Waals surface area (Å²) >= 11 is 0. The minimum Gasteiger partial charge on any atom is -0.298 e. The lowest BCUT2D eigenvalue weighted by Gasteiger charge is -2.11. The van der Waals surface area contributed by atoms with Crippen LogP contribution in [-0.2, 0) is 4.79 Å². The van der Waals surface area contributed by atoms with Gasteiger partial charge < -0.3 is 0 Å². The summed E-state index contributed by atoms with van der Waals surface area (Å²) in [6, 6.07) is 10.5. The molecule has 0 bridgehead atoms. The summed E-state index contributed by atoms with van der Waals surface area (Å²) in [6.07, 6.45) is 0. The third kappa shape index (κ3) is 2.78. The molecule has 0 aliphatic carbocycles. The molecule has 1 aromatic heterocycles. The highest BCUT2D eigenvalue weighted by atomic mass is 16.1. The number of carbonyl (C=O) groups is 1. The molecule has 4 heteroatoms. The Morgan fingerprint density at radius 1 is 1.16 bits per heavy atom. The lowest BCUT2D eigenvalue weighted by Crippen LogP contribution is -2.28. The first-order valence-electron chi connectivity index (χ1n) is 6.16. The summed E-state index contributed by atoms with van der Waals surface area (Å²) in [5.41, 5.74) is 2.51. The van der Waals surface area contributed by atoms with Crippen molar-refractivity contribution in [2.75, 3.05) is 0 Å². The van der Waals surface area contributed by atoms with E-state index in [0.29, 0.717) is 5.69 Å². The van der Waals surface area contributed by atoms with Gasteiger partial charge in [0.25, 0.3) is 5.56 Å². The molecular formula is C15H16N2O2. The van der Waals surface area contributed by atoms with Gasteiger partial charge in [0.1, 0.15) is 6.04 Å². The maximum absolute atomic E-state index is 11.8. The second kappa shape index (κ2) is 5.18. The van der Waals surface area contributed by atoms with Crippen LogP contribution in [0.15, 0.2) is 41.2 Å². The summed E-state index contributed by atoms with van der Waals surface area (Å²) in [6.45, 7) is 5.14. The van der Waals surface area contributed by atoms with Crippen molar-refractivity contribution >= 4 is 5.78 Å². The smallest absolute Gasteiger partial charge is 0.267 e. The third-order valence-electron chi connectivity index (χ3n) is 3.13. The highest BCUT2D eigenvalue weighted by Crippen LogP contribution is 2.16. The molecule has 2 rings (SSSR count). The molecular weight excluding hydrogens is 240 g/mol. The van der Waals surface area contributed by atoms with Crippen LogP contribution in [0.5, 0.6) is 0 Å². The van der Waals surface area contributed by atoms with E-state index in [1.165, 1.54) is 17.7 Å². The second-order valence-electron chi connectivity index (χ2n) is 4.65. The number of rotatable bonds is 3. The van der Waals surface area contributed by atoms with Crippen LogP contribution in [-0.4, -0.2) is 15.6 Å². The number of hydrogen-bond donors (Lipinski definition) is 0. The molecule has 0 aliphatic rings. The molecule has 0 fully saturated rings. The van der Waals surface area contributed by atoms with Gasteiger partial charge in [0, 0.05) is 11.6 Å². The average molecular weight is 256 g/mol. The summed E-state index contributed by atoms with van der Waals surface area (Å²) in [7, 11) is 0. The first kappa shape index (κ1) is 13.2. The quantitative estimate of drug-likeness (QED) is 0.847. The molecule has 2 aromatic rings. The largest absolute Gasteiger partial charge is 0.298 e. The lowest BCUT2D eigenvalue weighted by molar-refractivity contribution is -0.120. The topological polar surface area (TPSA) is 52.0 Å². The van der Waals surface area contributed by atoms with Crippen molar-refractivity contribution in [3.8, 4) is 11.3 Å². The SMILES string of the molecule is CC(=O)[C@H](C)n1nc(-c2ccc(C)cc2)ccc1=O. The fourth-order valence-corrected chi connectivity index (χ4v) is 1.75. The molecule has 0 aliphatic heterocycles. The molecule has 1 aromatic carbocycles. The molecule has 1 atom stereocenters. The zero-order valence-electron chi connectivity index (χ0n) is 11.3. The van der Waals surface area contributed by atoms with Gasteiger partial charge in [-0.2, -0.15) is 5.10 Å². The summed E-state index contributed by atoms with van der Waals surface area (Å²) in [5, 5.41) is 4.28. The van der Waals surface area contributed by atoms with Crippen LogP contribution in [0.3, 0.4) is 0 Å². The van der Waals surface area contributed by atoms with Gasteiger partial charge in [-0.15, -0.1) is 0 Å². The maximum atomic E-state index is 11.8. The Balaban J connectivity index is 2.49. The standard InChI is InChI=1S/C15H16N2O2/c1-10-4-6-13(7-5-10)14-8-9-15(19)17(16-14)11(2)12(3)18/h4-9,11H,1-3H3/t11-/m0/s1. The third-order valence-corrected chi connectivity index (χ3v) is 3.13. The monoisotopic (exact) mass is 256 g/mol. The Morgan fingerprint density at radius 2 is 1.79 bits per heavy atom. The van der Waals surface area contributed by atoms with Crippen molar-refractivity contribution in [2.24, 2.45) is 0 Å². The molecule has 98 valence electrons. The molecule has 1 heterocycles. The first-order chi connectivity index (χ1) is 8.99. The number of carbonyl (C=O) groups excluding carboxylic acids is 1. The minimum absolute atomic E-state index is 0.0874. The van der Waals surface area contributed by atoms with Crippen LogP contribution in [0.2, 0.25) is 0 Å².